The van der Waals surface area contributed by atoms with Crippen LogP contribution in [0, 0.1) is 0 Å². The van der Waals surface area contributed by atoms with E-state index in [4.69, 9.17) is 14.5 Å². The van der Waals surface area contributed by atoms with Gasteiger partial charge < -0.3 is 14.8 Å². The Kier molecular flexibility index (Phi) is 5.67. The van der Waals surface area contributed by atoms with Crippen LogP contribution in [-0.4, -0.2) is 44.0 Å². The maximum atomic E-state index is 12.6. The summed E-state index contributed by atoms with van der Waals surface area (Å²) in [5.41, 5.74) is 2.26. The number of rotatable bonds is 5. The maximum absolute atomic E-state index is 12.6. The van der Waals surface area contributed by atoms with Crippen molar-refractivity contribution < 1.29 is 14.3 Å². The average molecular weight is 407 g/mol. The number of carbonyl (C=O) groups excluding carboxylic acids is 1. The summed E-state index contributed by atoms with van der Waals surface area (Å²) in [7, 11) is 3.11. The SMILES string of the molecule is COc1ccc(C(=O)Nc2ccc(C3=NC4CCN=CC=C4S3)cc2)cc1OC. The Labute approximate surface area is 173 Å². The standard InChI is InChI=1S/C22H21N3O3S/c1-27-18-8-5-15(13-19(18)28-2)21(26)24-16-6-3-14(4-7-16)22-25-17-9-11-23-12-10-20(17)29-22/h3-8,10,12-13,17H,9,11H2,1-2H3,(H,24,26). The molecule has 1 unspecified atom stereocenters. The number of fused-ring (bicyclic) bond motifs is 1. The highest BCUT2D eigenvalue weighted by Gasteiger charge is 2.25. The van der Waals surface area contributed by atoms with Crippen LogP contribution in [0.1, 0.15) is 22.3 Å². The maximum Gasteiger partial charge on any atom is 0.255 e. The summed E-state index contributed by atoms with van der Waals surface area (Å²) < 4.78 is 10.5. The van der Waals surface area contributed by atoms with Gasteiger partial charge in [-0.1, -0.05) is 23.9 Å². The molecule has 1 amide bonds. The smallest absolute Gasteiger partial charge is 0.255 e. The van der Waals surface area contributed by atoms with E-state index in [-0.39, 0.29) is 11.9 Å². The number of anilines is 1. The number of benzene rings is 2. The lowest BCUT2D eigenvalue weighted by Gasteiger charge is -2.10. The number of methoxy groups -OCH3 is 2. The van der Waals surface area contributed by atoms with E-state index in [1.54, 1.807) is 44.2 Å². The number of allylic oxidation sites excluding steroid dienone is 1. The van der Waals surface area contributed by atoms with Crippen LogP contribution >= 0.6 is 11.8 Å². The zero-order valence-corrected chi connectivity index (χ0v) is 17.0. The summed E-state index contributed by atoms with van der Waals surface area (Å²) in [5, 5.41) is 3.92. The van der Waals surface area contributed by atoms with Gasteiger partial charge in [0.1, 0.15) is 5.04 Å². The Morgan fingerprint density at radius 3 is 2.66 bits per heavy atom. The molecule has 0 aromatic heterocycles. The second-order valence-electron chi connectivity index (χ2n) is 6.57. The minimum Gasteiger partial charge on any atom is -0.493 e. The van der Waals surface area contributed by atoms with Crippen LogP contribution in [0.25, 0.3) is 0 Å². The van der Waals surface area contributed by atoms with Crippen molar-refractivity contribution in [3.8, 4) is 11.5 Å². The fourth-order valence-electron chi connectivity index (χ4n) is 3.17. The van der Waals surface area contributed by atoms with Gasteiger partial charge in [-0.2, -0.15) is 0 Å². The Hall–Kier alpha value is -3.06. The predicted octanol–water partition coefficient (Wildman–Crippen LogP) is 4.18. The van der Waals surface area contributed by atoms with E-state index in [0.29, 0.717) is 17.1 Å². The van der Waals surface area contributed by atoms with E-state index in [1.165, 1.54) is 4.91 Å². The molecule has 2 aromatic rings. The number of carbonyl (C=O) groups is 1. The quantitative estimate of drug-likeness (QED) is 0.807. The second kappa shape index (κ2) is 8.53. The molecule has 2 heterocycles. The number of aliphatic imine (C=N–C) groups is 2. The zero-order chi connectivity index (χ0) is 20.2. The van der Waals surface area contributed by atoms with Crippen molar-refractivity contribution in [2.75, 3.05) is 26.1 Å². The summed E-state index contributed by atoms with van der Waals surface area (Å²) in [6.45, 7) is 0.809. The van der Waals surface area contributed by atoms with Crippen LogP contribution in [0.5, 0.6) is 11.5 Å². The molecule has 1 atom stereocenters. The molecular weight excluding hydrogens is 386 g/mol. The summed E-state index contributed by atoms with van der Waals surface area (Å²) in [4.78, 5) is 22.9. The lowest BCUT2D eigenvalue weighted by atomic mass is 10.1. The highest BCUT2D eigenvalue weighted by atomic mass is 32.2. The monoisotopic (exact) mass is 407 g/mol. The van der Waals surface area contributed by atoms with Crippen LogP contribution in [-0.2, 0) is 0 Å². The molecule has 0 fully saturated rings. The van der Waals surface area contributed by atoms with E-state index >= 15 is 0 Å². The Bertz CT molecular complexity index is 1010. The molecule has 7 heteroatoms. The first-order chi connectivity index (χ1) is 14.2. The molecule has 2 aliphatic heterocycles. The van der Waals surface area contributed by atoms with E-state index in [9.17, 15) is 4.79 Å². The fourth-order valence-corrected chi connectivity index (χ4v) is 4.26. The molecule has 0 radical (unpaired) electrons. The first-order valence-electron chi connectivity index (χ1n) is 9.27. The molecule has 2 aromatic carbocycles. The summed E-state index contributed by atoms with van der Waals surface area (Å²) in [5.74, 6) is 0.891. The molecule has 0 bridgehead atoms. The number of nitrogens with one attached hydrogen (secondary N) is 1. The molecule has 6 nitrogen and oxygen atoms in total. The Morgan fingerprint density at radius 2 is 1.90 bits per heavy atom. The van der Waals surface area contributed by atoms with Gasteiger partial charge in [-0.3, -0.25) is 14.8 Å². The van der Waals surface area contributed by atoms with Gasteiger partial charge >= 0.3 is 0 Å². The minimum absolute atomic E-state index is 0.210. The van der Waals surface area contributed by atoms with Gasteiger partial charge in [0.15, 0.2) is 11.5 Å². The number of nitrogens with zero attached hydrogens (tertiary/aromatic N) is 2. The van der Waals surface area contributed by atoms with E-state index in [1.807, 2.05) is 30.5 Å². The lowest BCUT2D eigenvalue weighted by Crippen LogP contribution is -2.12. The molecule has 148 valence electrons. The molecule has 29 heavy (non-hydrogen) atoms. The van der Waals surface area contributed by atoms with Crippen LogP contribution in [0.4, 0.5) is 5.69 Å². The second-order valence-corrected chi connectivity index (χ2v) is 7.63. The van der Waals surface area contributed by atoms with Crippen molar-refractivity contribution in [2.24, 2.45) is 9.98 Å². The first kappa shape index (κ1) is 19.3. The van der Waals surface area contributed by atoms with Crippen LogP contribution in [0.3, 0.4) is 0 Å². The van der Waals surface area contributed by atoms with Gasteiger partial charge in [-0.25, -0.2) is 0 Å². The normalized spacial score (nSPS) is 17.7. The highest BCUT2D eigenvalue weighted by Crippen LogP contribution is 2.36. The molecule has 0 spiro atoms. The van der Waals surface area contributed by atoms with E-state index < -0.39 is 0 Å². The molecule has 1 N–H and O–H groups in total. The Balaban J connectivity index is 1.45. The predicted molar refractivity (Wildman–Crippen MR) is 118 cm³/mol. The van der Waals surface area contributed by atoms with Gasteiger partial charge in [0.05, 0.1) is 20.3 Å². The van der Waals surface area contributed by atoms with Crippen LogP contribution in [0.2, 0.25) is 0 Å². The van der Waals surface area contributed by atoms with Gasteiger partial charge in [-0.05, 0) is 42.8 Å². The summed E-state index contributed by atoms with van der Waals surface area (Å²) in [6.07, 6.45) is 4.86. The molecule has 0 saturated carbocycles. The topological polar surface area (TPSA) is 72.3 Å². The average Bonchev–Trinajstić information content (AvgIpc) is 3.04. The third-order valence-electron chi connectivity index (χ3n) is 4.73. The van der Waals surface area contributed by atoms with Crippen molar-refractivity contribution >= 4 is 34.6 Å². The number of hydrogen-bond donors (Lipinski definition) is 1. The Morgan fingerprint density at radius 1 is 1.10 bits per heavy atom. The van der Waals surface area contributed by atoms with Crippen molar-refractivity contribution in [3.63, 3.8) is 0 Å². The summed E-state index contributed by atoms with van der Waals surface area (Å²) >= 11 is 1.69. The fraction of sp³-hybridized carbons (Fsp3) is 0.227. The van der Waals surface area contributed by atoms with E-state index in [0.717, 1.165) is 29.3 Å². The van der Waals surface area contributed by atoms with Crippen LogP contribution < -0.4 is 14.8 Å². The highest BCUT2D eigenvalue weighted by molar-refractivity contribution is 8.18. The van der Waals surface area contributed by atoms with Crippen molar-refractivity contribution in [2.45, 2.75) is 12.5 Å². The lowest BCUT2D eigenvalue weighted by molar-refractivity contribution is 0.102. The third-order valence-corrected chi connectivity index (χ3v) is 5.91. The first-order valence-corrected chi connectivity index (χ1v) is 10.1. The zero-order valence-electron chi connectivity index (χ0n) is 16.2. The van der Waals surface area contributed by atoms with Gasteiger partial charge in [0.25, 0.3) is 5.91 Å². The number of amides is 1. The molecule has 0 saturated heterocycles. The number of ether oxygens (including phenoxy) is 2. The molecule has 4 rings (SSSR count). The largest absolute Gasteiger partial charge is 0.493 e. The van der Waals surface area contributed by atoms with Crippen LogP contribution in [0.15, 0.2) is 63.4 Å². The molecule has 2 aliphatic rings. The third kappa shape index (κ3) is 4.19. The minimum atomic E-state index is -0.210. The van der Waals surface area contributed by atoms with Gasteiger partial charge in [0.2, 0.25) is 0 Å². The van der Waals surface area contributed by atoms with Crippen molar-refractivity contribution in [3.05, 3.63) is 64.6 Å². The summed E-state index contributed by atoms with van der Waals surface area (Å²) in [6, 6.07) is 13.0. The van der Waals surface area contributed by atoms with Crippen molar-refractivity contribution in [1.29, 1.82) is 0 Å². The number of hydrogen-bond acceptors (Lipinski definition) is 6. The van der Waals surface area contributed by atoms with Gasteiger partial charge in [-0.15, -0.1) is 0 Å². The molecular formula is C22H21N3O3S. The van der Waals surface area contributed by atoms with E-state index in [2.05, 4.69) is 16.4 Å². The van der Waals surface area contributed by atoms with Gasteiger partial charge in [0, 0.05) is 34.5 Å². The molecule has 0 aliphatic carbocycles. The van der Waals surface area contributed by atoms with Crippen molar-refractivity contribution in [1.82, 2.24) is 0 Å². The number of thioether (sulfide) groups is 1.